The minimum Gasteiger partial charge on any atom is -0.383 e. The molecule has 0 saturated heterocycles. The monoisotopic (exact) mass is 267 g/mol. The summed E-state index contributed by atoms with van der Waals surface area (Å²) in [5, 5.41) is 1.08. The van der Waals surface area contributed by atoms with Gasteiger partial charge < -0.3 is 10.5 Å². The van der Waals surface area contributed by atoms with Crippen molar-refractivity contribution < 1.29 is 4.74 Å². The van der Waals surface area contributed by atoms with Crippen LogP contribution in [0.15, 0.2) is 23.0 Å². The van der Waals surface area contributed by atoms with Crippen LogP contribution in [0, 0.1) is 0 Å². The molecule has 0 radical (unpaired) electrons. The molecule has 2 N–H and O–H groups in total. The molecule has 0 bridgehead atoms. The topological polar surface area (TPSA) is 70.1 Å². The predicted octanol–water partition coefficient (Wildman–Crippen LogP) is 1.15. The van der Waals surface area contributed by atoms with Gasteiger partial charge >= 0.3 is 0 Å². The number of rotatable bonds is 4. The third-order valence-electron chi connectivity index (χ3n) is 2.70. The average molecular weight is 268 g/mol. The van der Waals surface area contributed by atoms with Crippen LogP contribution in [-0.4, -0.2) is 23.3 Å². The number of methoxy groups -OCH3 is 1. The second kappa shape index (κ2) is 5.48. The summed E-state index contributed by atoms with van der Waals surface area (Å²) >= 11 is 5.89. The van der Waals surface area contributed by atoms with Crippen molar-refractivity contribution in [3.63, 3.8) is 0 Å². The second-order valence-electron chi connectivity index (χ2n) is 3.84. The van der Waals surface area contributed by atoms with Crippen LogP contribution >= 0.6 is 11.6 Å². The van der Waals surface area contributed by atoms with Crippen molar-refractivity contribution >= 4 is 22.5 Å². The van der Waals surface area contributed by atoms with E-state index in [4.69, 9.17) is 22.1 Å². The number of nitrogens with two attached hydrogens (primary N) is 1. The fourth-order valence-electron chi connectivity index (χ4n) is 1.81. The van der Waals surface area contributed by atoms with Gasteiger partial charge in [-0.05, 0) is 18.2 Å². The van der Waals surface area contributed by atoms with E-state index >= 15 is 0 Å². The van der Waals surface area contributed by atoms with E-state index in [1.165, 1.54) is 0 Å². The molecule has 0 amide bonds. The summed E-state index contributed by atoms with van der Waals surface area (Å²) in [6, 6.07) is 5.02. The molecule has 0 spiro atoms. The van der Waals surface area contributed by atoms with Crippen LogP contribution in [0.1, 0.15) is 5.82 Å². The molecule has 5 nitrogen and oxygen atoms in total. The van der Waals surface area contributed by atoms with E-state index in [9.17, 15) is 4.79 Å². The van der Waals surface area contributed by atoms with E-state index in [2.05, 4.69) is 4.98 Å². The first kappa shape index (κ1) is 13.0. The summed E-state index contributed by atoms with van der Waals surface area (Å²) in [5.74, 6) is 0.534. The summed E-state index contributed by atoms with van der Waals surface area (Å²) in [6.07, 6.45) is 0. The van der Waals surface area contributed by atoms with Gasteiger partial charge in [-0.3, -0.25) is 9.36 Å². The molecule has 0 aliphatic heterocycles. The fourth-order valence-corrected chi connectivity index (χ4v) is 1.98. The maximum atomic E-state index is 12.3. The molecule has 0 aliphatic carbocycles. The Labute approximate surface area is 109 Å². The van der Waals surface area contributed by atoms with Gasteiger partial charge in [-0.25, -0.2) is 4.98 Å². The minimum atomic E-state index is -0.117. The molecule has 0 unspecified atom stereocenters. The van der Waals surface area contributed by atoms with Crippen molar-refractivity contribution in [2.75, 3.05) is 13.7 Å². The van der Waals surface area contributed by atoms with Crippen molar-refractivity contribution in [1.29, 1.82) is 0 Å². The molecule has 2 aromatic rings. The molecule has 0 fully saturated rings. The molecule has 18 heavy (non-hydrogen) atoms. The molecule has 0 aliphatic rings. The number of hydrogen-bond donors (Lipinski definition) is 1. The van der Waals surface area contributed by atoms with Crippen LogP contribution in [0.25, 0.3) is 10.9 Å². The Balaban J connectivity index is 2.66. The molecule has 1 heterocycles. The van der Waals surface area contributed by atoms with Gasteiger partial charge in [-0.15, -0.1) is 0 Å². The molecular formula is C12H14ClN3O2. The second-order valence-corrected chi connectivity index (χ2v) is 4.28. The standard InChI is InChI=1S/C12H14ClN3O2/c1-18-5-4-16-11(7-14)15-10-6-8(13)2-3-9(10)12(16)17/h2-3,6H,4-5,7,14H2,1H3. The summed E-state index contributed by atoms with van der Waals surface area (Å²) in [5.41, 5.74) is 6.08. The Kier molecular flexibility index (Phi) is 3.96. The first-order chi connectivity index (χ1) is 8.67. The minimum absolute atomic E-state index is 0.117. The van der Waals surface area contributed by atoms with Crippen molar-refractivity contribution in [2.24, 2.45) is 5.73 Å². The van der Waals surface area contributed by atoms with E-state index in [0.29, 0.717) is 34.9 Å². The lowest BCUT2D eigenvalue weighted by atomic mass is 10.2. The summed E-state index contributed by atoms with van der Waals surface area (Å²) in [4.78, 5) is 16.7. The van der Waals surface area contributed by atoms with Gasteiger partial charge in [0.2, 0.25) is 0 Å². The molecule has 96 valence electrons. The first-order valence-electron chi connectivity index (χ1n) is 5.55. The highest BCUT2D eigenvalue weighted by atomic mass is 35.5. The molecule has 6 heteroatoms. The smallest absolute Gasteiger partial charge is 0.261 e. The Bertz CT molecular complexity index is 624. The fraction of sp³-hybridized carbons (Fsp3) is 0.333. The van der Waals surface area contributed by atoms with Crippen LogP contribution in [0.3, 0.4) is 0 Å². The molecule has 2 rings (SSSR count). The molecule has 0 atom stereocenters. The van der Waals surface area contributed by atoms with Crippen LogP contribution in [0.5, 0.6) is 0 Å². The maximum Gasteiger partial charge on any atom is 0.261 e. The van der Waals surface area contributed by atoms with E-state index in [0.717, 1.165) is 0 Å². The Morgan fingerprint density at radius 3 is 2.94 bits per heavy atom. The van der Waals surface area contributed by atoms with Crippen LogP contribution in [0.2, 0.25) is 5.02 Å². The zero-order valence-electron chi connectivity index (χ0n) is 10.0. The Morgan fingerprint density at radius 1 is 1.50 bits per heavy atom. The molecular weight excluding hydrogens is 254 g/mol. The number of nitrogens with zero attached hydrogens (tertiary/aromatic N) is 2. The lowest BCUT2D eigenvalue weighted by molar-refractivity contribution is 0.185. The zero-order valence-corrected chi connectivity index (χ0v) is 10.8. The van der Waals surface area contributed by atoms with Crippen molar-refractivity contribution in [3.05, 3.63) is 39.4 Å². The van der Waals surface area contributed by atoms with Gasteiger partial charge in [0.05, 0.1) is 30.6 Å². The van der Waals surface area contributed by atoms with Crippen LogP contribution in [-0.2, 0) is 17.8 Å². The maximum absolute atomic E-state index is 12.3. The third kappa shape index (κ3) is 2.38. The number of benzene rings is 1. The van der Waals surface area contributed by atoms with E-state index in [-0.39, 0.29) is 12.1 Å². The van der Waals surface area contributed by atoms with Crippen LogP contribution in [0.4, 0.5) is 0 Å². The SMILES string of the molecule is COCCn1c(CN)nc2cc(Cl)ccc2c1=O. The third-order valence-corrected chi connectivity index (χ3v) is 2.93. The molecule has 0 saturated carbocycles. The number of halogens is 1. The van der Waals surface area contributed by atoms with Gasteiger partial charge in [-0.1, -0.05) is 11.6 Å². The summed E-state index contributed by atoms with van der Waals surface area (Å²) in [7, 11) is 1.58. The predicted molar refractivity (Wildman–Crippen MR) is 70.8 cm³/mol. The highest BCUT2D eigenvalue weighted by Crippen LogP contribution is 2.15. The highest BCUT2D eigenvalue weighted by Gasteiger charge is 2.09. The number of ether oxygens (including phenoxy) is 1. The number of fused-ring (bicyclic) bond motifs is 1. The Morgan fingerprint density at radius 2 is 2.28 bits per heavy atom. The quantitative estimate of drug-likeness (QED) is 0.902. The largest absolute Gasteiger partial charge is 0.383 e. The normalized spacial score (nSPS) is 11.1. The molecule has 1 aromatic heterocycles. The van der Waals surface area contributed by atoms with E-state index < -0.39 is 0 Å². The van der Waals surface area contributed by atoms with Crippen LogP contribution < -0.4 is 11.3 Å². The average Bonchev–Trinajstić information content (AvgIpc) is 2.37. The number of aromatic nitrogens is 2. The van der Waals surface area contributed by atoms with Gasteiger partial charge in [0.1, 0.15) is 5.82 Å². The lowest BCUT2D eigenvalue weighted by Gasteiger charge is -2.11. The first-order valence-corrected chi connectivity index (χ1v) is 5.93. The van der Waals surface area contributed by atoms with Gasteiger partial charge in [0.25, 0.3) is 5.56 Å². The Hall–Kier alpha value is -1.43. The summed E-state index contributed by atoms with van der Waals surface area (Å²) < 4.78 is 6.52. The van der Waals surface area contributed by atoms with E-state index in [1.54, 1.807) is 29.9 Å². The van der Waals surface area contributed by atoms with Gasteiger partial charge in [-0.2, -0.15) is 0 Å². The van der Waals surface area contributed by atoms with Crippen molar-refractivity contribution in [3.8, 4) is 0 Å². The summed E-state index contributed by atoms with van der Waals surface area (Å²) in [6.45, 7) is 1.07. The number of hydrogen-bond acceptors (Lipinski definition) is 4. The molecule has 1 aromatic carbocycles. The van der Waals surface area contributed by atoms with Gasteiger partial charge in [0.15, 0.2) is 0 Å². The van der Waals surface area contributed by atoms with Gasteiger partial charge in [0, 0.05) is 12.1 Å². The zero-order chi connectivity index (χ0) is 13.1. The lowest BCUT2D eigenvalue weighted by Crippen LogP contribution is -2.28. The van der Waals surface area contributed by atoms with Crippen molar-refractivity contribution in [2.45, 2.75) is 13.1 Å². The van der Waals surface area contributed by atoms with E-state index in [1.807, 2.05) is 0 Å². The highest BCUT2D eigenvalue weighted by molar-refractivity contribution is 6.31. The van der Waals surface area contributed by atoms with Crippen molar-refractivity contribution in [1.82, 2.24) is 9.55 Å².